The van der Waals surface area contributed by atoms with Gasteiger partial charge >= 0.3 is 0 Å². The average Bonchev–Trinajstić information content (AvgIpc) is 1.97. The number of nitrogens with two attached hydrogens (primary N) is 2. The monoisotopic (exact) mass is 159 g/mol. The van der Waals surface area contributed by atoms with E-state index in [2.05, 4.69) is 5.32 Å². The minimum absolute atomic E-state index is 0.193. The first-order valence-electron chi connectivity index (χ1n) is 3.89. The third-order valence-corrected chi connectivity index (χ3v) is 1.64. The predicted molar refractivity (Wildman–Crippen MR) is 44.9 cm³/mol. The summed E-state index contributed by atoms with van der Waals surface area (Å²) >= 11 is 0. The molecule has 0 aliphatic heterocycles. The van der Waals surface area contributed by atoms with Crippen LogP contribution >= 0.6 is 0 Å². The Hall–Kier alpha value is -0.610. The number of hydrogen-bond acceptors (Lipinski definition) is 3. The van der Waals surface area contributed by atoms with Crippen molar-refractivity contribution in [2.24, 2.45) is 11.5 Å². The molecule has 0 aromatic carbocycles. The third kappa shape index (κ3) is 4.75. The zero-order chi connectivity index (χ0) is 8.69. The number of likely N-dealkylation sites (N-methyl/N-ethyl adjacent to an activating group) is 1. The molecule has 0 rings (SSSR count). The van der Waals surface area contributed by atoms with Gasteiger partial charge in [-0.15, -0.1) is 0 Å². The zero-order valence-electron chi connectivity index (χ0n) is 6.97. The van der Waals surface area contributed by atoms with Crippen molar-refractivity contribution in [1.82, 2.24) is 5.32 Å². The zero-order valence-corrected chi connectivity index (χ0v) is 6.97. The molecule has 0 aliphatic carbocycles. The van der Waals surface area contributed by atoms with Crippen molar-refractivity contribution in [3.63, 3.8) is 0 Å². The summed E-state index contributed by atoms with van der Waals surface area (Å²) in [6.07, 6.45) is 2.68. The van der Waals surface area contributed by atoms with Gasteiger partial charge in [0.25, 0.3) is 0 Å². The highest BCUT2D eigenvalue weighted by Crippen LogP contribution is 1.98. The lowest BCUT2D eigenvalue weighted by atomic mass is 10.1. The van der Waals surface area contributed by atoms with Crippen LogP contribution in [0.25, 0.3) is 0 Å². The van der Waals surface area contributed by atoms with E-state index < -0.39 is 0 Å². The van der Waals surface area contributed by atoms with Crippen molar-refractivity contribution in [1.29, 1.82) is 0 Å². The van der Waals surface area contributed by atoms with E-state index in [1.54, 1.807) is 7.05 Å². The molecule has 5 N–H and O–H groups in total. The summed E-state index contributed by atoms with van der Waals surface area (Å²) in [5.74, 6) is -0.287. The quantitative estimate of drug-likeness (QED) is 0.443. The van der Waals surface area contributed by atoms with Crippen LogP contribution in [0.3, 0.4) is 0 Å². The van der Waals surface area contributed by atoms with Gasteiger partial charge < -0.3 is 16.8 Å². The summed E-state index contributed by atoms with van der Waals surface area (Å²) in [5.41, 5.74) is 10.4. The van der Waals surface area contributed by atoms with Crippen LogP contribution in [0, 0.1) is 0 Å². The highest BCUT2D eigenvalue weighted by atomic mass is 16.1. The van der Waals surface area contributed by atoms with E-state index in [0.29, 0.717) is 6.54 Å². The molecule has 4 heteroatoms. The normalized spacial score (nSPS) is 12.9. The number of rotatable bonds is 6. The fraction of sp³-hybridized carbons (Fsp3) is 0.857. The number of primary amides is 1. The van der Waals surface area contributed by atoms with Gasteiger partial charge in [-0.25, -0.2) is 0 Å². The maximum atomic E-state index is 10.7. The number of carbonyl (C=O) groups excluding carboxylic acids is 1. The Kier molecular flexibility index (Phi) is 5.78. The van der Waals surface area contributed by atoms with Crippen molar-refractivity contribution < 1.29 is 4.79 Å². The molecule has 66 valence electrons. The van der Waals surface area contributed by atoms with Gasteiger partial charge in [0, 0.05) is 0 Å². The average molecular weight is 159 g/mol. The molecule has 0 aromatic rings. The Labute approximate surface area is 67.3 Å². The standard InChI is InChI=1S/C7H17N3O/c1-10-6(7(9)11)4-2-3-5-8/h6,10H,2-5,8H2,1H3,(H2,9,11). The number of nitrogens with one attached hydrogen (secondary N) is 1. The van der Waals surface area contributed by atoms with Crippen LogP contribution in [0.1, 0.15) is 19.3 Å². The summed E-state index contributed by atoms with van der Waals surface area (Å²) in [6, 6.07) is -0.193. The minimum atomic E-state index is -0.287. The molecule has 0 aliphatic rings. The summed E-state index contributed by atoms with van der Waals surface area (Å²) < 4.78 is 0. The first-order chi connectivity index (χ1) is 5.22. The van der Waals surface area contributed by atoms with Gasteiger partial charge in [-0.3, -0.25) is 4.79 Å². The Morgan fingerprint density at radius 2 is 2.18 bits per heavy atom. The number of unbranched alkanes of at least 4 members (excludes halogenated alkanes) is 1. The fourth-order valence-electron chi connectivity index (χ4n) is 0.922. The molecule has 0 radical (unpaired) electrons. The van der Waals surface area contributed by atoms with Crippen LogP contribution in [0.5, 0.6) is 0 Å². The fourth-order valence-corrected chi connectivity index (χ4v) is 0.922. The highest BCUT2D eigenvalue weighted by molar-refractivity contribution is 5.79. The van der Waals surface area contributed by atoms with Gasteiger partial charge in [0.05, 0.1) is 6.04 Å². The van der Waals surface area contributed by atoms with Crippen molar-refractivity contribution in [2.75, 3.05) is 13.6 Å². The summed E-state index contributed by atoms with van der Waals surface area (Å²) in [7, 11) is 1.73. The van der Waals surface area contributed by atoms with E-state index >= 15 is 0 Å². The molecule has 1 unspecified atom stereocenters. The molecule has 0 aromatic heterocycles. The molecular formula is C7H17N3O. The molecule has 1 amide bonds. The second-order valence-corrected chi connectivity index (χ2v) is 2.53. The van der Waals surface area contributed by atoms with E-state index in [-0.39, 0.29) is 11.9 Å². The van der Waals surface area contributed by atoms with Crippen molar-refractivity contribution in [3.05, 3.63) is 0 Å². The molecule has 1 atom stereocenters. The molecule has 0 fully saturated rings. The predicted octanol–water partition coefficient (Wildman–Crippen LogP) is -0.811. The van der Waals surface area contributed by atoms with Crippen LogP contribution in [0.2, 0.25) is 0 Å². The number of amides is 1. The van der Waals surface area contributed by atoms with Gasteiger partial charge in [0.1, 0.15) is 0 Å². The van der Waals surface area contributed by atoms with Crippen LogP contribution in [-0.4, -0.2) is 25.5 Å². The SMILES string of the molecule is CNC(CCCCN)C(N)=O. The van der Waals surface area contributed by atoms with Crippen LogP contribution in [0.4, 0.5) is 0 Å². The molecule has 0 saturated heterocycles. The molecule has 0 saturated carbocycles. The number of carbonyl (C=O) groups is 1. The Bertz CT molecular complexity index is 116. The minimum Gasteiger partial charge on any atom is -0.368 e. The molecule has 0 spiro atoms. The summed E-state index contributed by atoms with van der Waals surface area (Å²) in [6.45, 7) is 0.676. The van der Waals surface area contributed by atoms with E-state index in [1.165, 1.54) is 0 Å². The van der Waals surface area contributed by atoms with Crippen molar-refractivity contribution in [3.8, 4) is 0 Å². The van der Waals surface area contributed by atoms with E-state index in [9.17, 15) is 4.79 Å². The first-order valence-corrected chi connectivity index (χ1v) is 3.89. The summed E-state index contributed by atoms with van der Waals surface area (Å²) in [5, 5.41) is 2.85. The molecule has 0 bridgehead atoms. The Balaban J connectivity index is 3.44. The van der Waals surface area contributed by atoms with E-state index in [4.69, 9.17) is 11.5 Å². The van der Waals surface area contributed by atoms with Crippen molar-refractivity contribution in [2.45, 2.75) is 25.3 Å². The topological polar surface area (TPSA) is 81.1 Å². The van der Waals surface area contributed by atoms with Gasteiger partial charge in [-0.1, -0.05) is 6.42 Å². The first kappa shape index (κ1) is 10.4. The third-order valence-electron chi connectivity index (χ3n) is 1.64. The van der Waals surface area contributed by atoms with Crippen LogP contribution < -0.4 is 16.8 Å². The lowest BCUT2D eigenvalue weighted by molar-refractivity contribution is -0.120. The Morgan fingerprint density at radius 1 is 1.55 bits per heavy atom. The maximum Gasteiger partial charge on any atom is 0.234 e. The maximum absolute atomic E-state index is 10.7. The van der Waals surface area contributed by atoms with Gasteiger partial charge in [-0.2, -0.15) is 0 Å². The summed E-state index contributed by atoms with van der Waals surface area (Å²) in [4.78, 5) is 10.7. The lowest BCUT2D eigenvalue weighted by Crippen LogP contribution is -2.39. The Morgan fingerprint density at radius 3 is 2.55 bits per heavy atom. The van der Waals surface area contributed by atoms with Crippen molar-refractivity contribution >= 4 is 5.91 Å². The van der Waals surface area contributed by atoms with Gasteiger partial charge in [0.2, 0.25) is 5.91 Å². The van der Waals surface area contributed by atoms with Gasteiger partial charge in [0.15, 0.2) is 0 Å². The lowest BCUT2D eigenvalue weighted by Gasteiger charge is -2.10. The molecule has 11 heavy (non-hydrogen) atoms. The molecule has 0 heterocycles. The van der Waals surface area contributed by atoms with Crippen LogP contribution in [0.15, 0.2) is 0 Å². The second-order valence-electron chi connectivity index (χ2n) is 2.53. The second kappa shape index (κ2) is 6.12. The molecule has 4 nitrogen and oxygen atoms in total. The smallest absolute Gasteiger partial charge is 0.234 e. The van der Waals surface area contributed by atoms with E-state index in [0.717, 1.165) is 19.3 Å². The van der Waals surface area contributed by atoms with E-state index in [1.807, 2.05) is 0 Å². The molecular weight excluding hydrogens is 142 g/mol. The largest absolute Gasteiger partial charge is 0.368 e. The van der Waals surface area contributed by atoms with Crippen LogP contribution in [-0.2, 0) is 4.79 Å². The number of hydrogen-bond donors (Lipinski definition) is 3. The highest BCUT2D eigenvalue weighted by Gasteiger charge is 2.10. The van der Waals surface area contributed by atoms with Gasteiger partial charge in [-0.05, 0) is 26.4 Å².